The summed E-state index contributed by atoms with van der Waals surface area (Å²) in [6, 6.07) is 6.94. The average molecular weight is 484 g/mol. The van der Waals surface area contributed by atoms with E-state index in [0.29, 0.717) is 17.7 Å². The Hall–Kier alpha value is -2.88. The molecule has 3 N–H and O–H groups in total. The van der Waals surface area contributed by atoms with Gasteiger partial charge in [-0.05, 0) is 70.1 Å². The van der Waals surface area contributed by atoms with Gasteiger partial charge in [0.2, 0.25) is 5.91 Å². The Morgan fingerprint density at radius 3 is 2.35 bits per heavy atom. The number of hydrogen-bond donors (Lipinski definition) is 2. The first kappa shape index (κ1) is 25.7. The van der Waals surface area contributed by atoms with E-state index in [4.69, 9.17) is 10.2 Å². The zero-order valence-corrected chi connectivity index (χ0v) is 19.3. The van der Waals surface area contributed by atoms with Crippen LogP contribution in [0.15, 0.2) is 34.7 Å². The molecule has 1 saturated carbocycles. The minimum absolute atomic E-state index is 0.0403. The van der Waals surface area contributed by atoms with Crippen molar-refractivity contribution in [1.29, 1.82) is 0 Å². The highest BCUT2D eigenvalue weighted by Crippen LogP contribution is 2.66. The maximum absolute atomic E-state index is 14.1. The topological polar surface area (TPSA) is 88.6 Å². The molecule has 2 aromatic rings. The predicted octanol–water partition coefficient (Wildman–Crippen LogP) is 3.93. The number of likely N-dealkylation sites (N-methyl/N-ethyl adjacent to an activating group) is 1. The van der Waals surface area contributed by atoms with E-state index in [1.54, 1.807) is 33.2 Å². The van der Waals surface area contributed by atoms with Gasteiger partial charge in [-0.15, -0.1) is 0 Å². The SMILES string of the molecule is Cc1ccc(C(CC(=O)NC[C@H](Cc2ccc(C(N)=O)c(F)c2)N(C)C)C2(C(F)(F)F)CC2)o1. The molecule has 3 rings (SSSR count). The first-order valence-corrected chi connectivity index (χ1v) is 11.0. The molecule has 2 amide bonds. The Balaban J connectivity index is 1.68. The van der Waals surface area contributed by atoms with Crippen LogP contribution in [-0.2, 0) is 11.2 Å². The number of rotatable bonds is 10. The molecule has 186 valence electrons. The second-order valence-electron chi connectivity index (χ2n) is 9.16. The number of nitrogens with one attached hydrogen (secondary N) is 1. The van der Waals surface area contributed by atoms with Crippen molar-refractivity contribution >= 4 is 11.8 Å². The molecule has 2 atom stereocenters. The summed E-state index contributed by atoms with van der Waals surface area (Å²) in [5, 5.41) is 2.73. The normalized spacial score (nSPS) is 16.8. The summed E-state index contributed by atoms with van der Waals surface area (Å²) in [6.07, 6.45) is -4.53. The average Bonchev–Trinajstić information content (AvgIpc) is 3.44. The van der Waals surface area contributed by atoms with Crippen LogP contribution in [0.25, 0.3) is 0 Å². The van der Waals surface area contributed by atoms with Gasteiger partial charge in [0.1, 0.15) is 17.3 Å². The zero-order chi connectivity index (χ0) is 25.3. The number of carbonyl (C=O) groups is 2. The zero-order valence-electron chi connectivity index (χ0n) is 19.3. The van der Waals surface area contributed by atoms with Gasteiger partial charge in [0.15, 0.2) is 0 Å². The number of aryl methyl sites for hydroxylation is 1. The van der Waals surface area contributed by atoms with Crippen LogP contribution in [0.5, 0.6) is 0 Å². The van der Waals surface area contributed by atoms with E-state index >= 15 is 0 Å². The van der Waals surface area contributed by atoms with Crippen molar-refractivity contribution in [3.63, 3.8) is 0 Å². The van der Waals surface area contributed by atoms with Gasteiger partial charge in [0.25, 0.3) is 5.91 Å². The molecule has 34 heavy (non-hydrogen) atoms. The van der Waals surface area contributed by atoms with Crippen LogP contribution in [0.2, 0.25) is 0 Å². The quantitative estimate of drug-likeness (QED) is 0.502. The van der Waals surface area contributed by atoms with E-state index in [0.717, 1.165) is 0 Å². The van der Waals surface area contributed by atoms with Crippen molar-refractivity contribution in [2.75, 3.05) is 20.6 Å². The minimum atomic E-state index is -4.44. The fourth-order valence-corrected chi connectivity index (χ4v) is 4.26. The highest BCUT2D eigenvalue weighted by molar-refractivity contribution is 5.93. The first-order valence-electron chi connectivity index (χ1n) is 11.0. The maximum atomic E-state index is 14.1. The minimum Gasteiger partial charge on any atom is -0.466 e. The monoisotopic (exact) mass is 483 g/mol. The van der Waals surface area contributed by atoms with Gasteiger partial charge in [0, 0.05) is 24.9 Å². The number of furan rings is 1. The number of primary amides is 1. The van der Waals surface area contributed by atoms with E-state index in [2.05, 4.69) is 5.32 Å². The molecule has 0 bridgehead atoms. The van der Waals surface area contributed by atoms with Gasteiger partial charge < -0.3 is 20.4 Å². The Morgan fingerprint density at radius 1 is 1.21 bits per heavy atom. The first-order chi connectivity index (χ1) is 15.8. The summed E-state index contributed by atoms with van der Waals surface area (Å²) in [7, 11) is 3.56. The van der Waals surface area contributed by atoms with Crippen molar-refractivity contribution < 1.29 is 31.6 Å². The number of alkyl halides is 3. The molecule has 1 unspecified atom stereocenters. The molecule has 1 aliphatic carbocycles. The summed E-state index contributed by atoms with van der Waals surface area (Å²) in [5.74, 6) is -2.57. The van der Waals surface area contributed by atoms with Gasteiger partial charge in [-0.1, -0.05) is 6.07 Å². The summed E-state index contributed by atoms with van der Waals surface area (Å²) >= 11 is 0. The Kier molecular flexibility index (Phi) is 7.40. The standard InChI is InChI=1S/C24H29F4N3O3/c1-14-4-7-20(34-14)18(23(8-9-23)24(26,27)28)12-21(32)30-13-16(31(2)3)10-15-5-6-17(22(29)33)19(25)11-15/h4-7,11,16,18H,8-10,12-13H2,1-3H3,(H2,29,33)(H,30,32)/t16-,18?/m0/s1. The molecule has 0 saturated heterocycles. The fraction of sp³-hybridized carbons (Fsp3) is 0.500. The Morgan fingerprint density at radius 2 is 1.88 bits per heavy atom. The highest BCUT2D eigenvalue weighted by Gasteiger charge is 2.68. The number of benzene rings is 1. The van der Waals surface area contributed by atoms with E-state index < -0.39 is 35.1 Å². The molecule has 10 heteroatoms. The lowest BCUT2D eigenvalue weighted by Crippen LogP contribution is -2.42. The number of nitrogens with two attached hydrogens (primary N) is 1. The Labute approximate surface area is 195 Å². The molecule has 1 aromatic heterocycles. The number of nitrogens with zero attached hydrogens (tertiary/aromatic N) is 1. The lowest BCUT2D eigenvalue weighted by molar-refractivity contribution is -0.196. The molecule has 1 aromatic carbocycles. The highest BCUT2D eigenvalue weighted by atomic mass is 19.4. The van der Waals surface area contributed by atoms with Crippen molar-refractivity contribution in [3.05, 3.63) is 58.8 Å². The van der Waals surface area contributed by atoms with Crippen LogP contribution in [-0.4, -0.2) is 49.6 Å². The number of carbonyl (C=O) groups excluding carboxylic acids is 2. The van der Waals surface area contributed by atoms with Crippen molar-refractivity contribution in [3.8, 4) is 0 Å². The molecular formula is C24H29F4N3O3. The van der Waals surface area contributed by atoms with Gasteiger partial charge in [0.05, 0.1) is 11.0 Å². The Bertz CT molecular complexity index is 1040. The van der Waals surface area contributed by atoms with Crippen LogP contribution in [0.4, 0.5) is 17.6 Å². The summed E-state index contributed by atoms with van der Waals surface area (Å²) in [4.78, 5) is 25.8. The number of hydrogen-bond acceptors (Lipinski definition) is 4. The molecular weight excluding hydrogens is 454 g/mol. The third-order valence-electron chi connectivity index (χ3n) is 6.55. The largest absolute Gasteiger partial charge is 0.466 e. The third-order valence-corrected chi connectivity index (χ3v) is 6.55. The van der Waals surface area contributed by atoms with Gasteiger partial charge in [-0.25, -0.2) is 4.39 Å². The molecule has 1 aliphatic rings. The third kappa shape index (κ3) is 5.60. The molecule has 6 nitrogen and oxygen atoms in total. The van der Waals surface area contributed by atoms with Crippen LogP contribution >= 0.6 is 0 Å². The second kappa shape index (κ2) is 9.77. The number of halogens is 4. The second-order valence-corrected chi connectivity index (χ2v) is 9.16. The van der Waals surface area contributed by atoms with Gasteiger partial charge >= 0.3 is 6.18 Å². The molecule has 0 spiro atoms. The molecule has 1 fully saturated rings. The van der Waals surface area contributed by atoms with Crippen LogP contribution in [0.1, 0.15) is 52.6 Å². The van der Waals surface area contributed by atoms with Gasteiger partial charge in [-0.2, -0.15) is 13.2 Å². The van der Waals surface area contributed by atoms with Crippen molar-refractivity contribution in [1.82, 2.24) is 10.2 Å². The molecule has 0 aliphatic heterocycles. The van der Waals surface area contributed by atoms with E-state index in [-0.39, 0.29) is 43.2 Å². The lowest BCUT2D eigenvalue weighted by atomic mass is 9.83. The van der Waals surface area contributed by atoms with Crippen LogP contribution in [0.3, 0.4) is 0 Å². The number of amides is 2. The fourth-order valence-electron chi connectivity index (χ4n) is 4.26. The van der Waals surface area contributed by atoms with Crippen LogP contribution < -0.4 is 11.1 Å². The van der Waals surface area contributed by atoms with Crippen molar-refractivity contribution in [2.24, 2.45) is 11.1 Å². The lowest BCUT2D eigenvalue weighted by Gasteiger charge is -2.28. The summed E-state index contributed by atoms with van der Waals surface area (Å²) in [5.41, 5.74) is 3.56. The maximum Gasteiger partial charge on any atom is 0.395 e. The smallest absolute Gasteiger partial charge is 0.395 e. The van der Waals surface area contributed by atoms with Crippen LogP contribution in [0, 0.1) is 18.2 Å². The van der Waals surface area contributed by atoms with E-state index in [9.17, 15) is 27.2 Å². The van der Waals surface area contributed by atoms with E-state index in [1.165, 1.54) is 18.2 Å². The van der Waals surface area contributed by atoms with Gasteiger partial charge in [-0.3, -0.25) is 9.59 Å². The molecule has 0 radical (unpaired) electrons. The molecule has 1 heterocycles. The summed E-state index contributed by atoms with van der Waals surface area (Å²) in [6.45, 7) is 1.79. The van der Waals surface area contributed by atoms with Crippen molar-refractivity contribution in [2.45, 2.75) is 50.7 Å². The summed E-state index contributed by atoms with van der Waals surface area (Å²) < 4.78 is 61.1. The predicted molar refractivity (Wildman–Crippen MR) is 118 cm³/mol. The van der Waals surface area contributed by atoms with E-state index in [1.807, 2.05) is 4.90 Å².